The molecule has 0 spiro atoms. The van der Waals surface area contributed by atoms with Crippen molar-refractivity contribution < 1.29 is 9.84 Å². The number of ether oxygens (including phenoxy) is 1. The van der Waals surface area contributed by atoms with Crippen LogP contribution in [-0.4, -0.2) is 31.5 Å². The van der Waals surface area contributed by atoms with Crippen molar-refractivity contribution in [2.45, 2.75) is 19.3 Å². The molecular formula is C7H17NO2. The van der Waals surface area contributed by atoms with Crippen LogP contribution in [0.25, 0.3) is 0 Å². The fraction of sp³-hybridized carbons (Fsp3) is 1.00. The highest BCUT2D eigenvalue weighted by Crippen LogP contribution is 1.88. The van der Waals surface area contributed by atoms with Gasteiger partial charge in [0, 0.05) is 19.8 Å². The lowest BCUT2D eigenvalue weighted by molar-refractivity contribution is 0.124. The molecule has 0 radical (unpaired) electrons. The van der Waals surface area contributed by atoms with Gasteiger partial charge in [-0.25, -0.2) is 0 Å². The maximum atomic E-state index is 8.39. The topological polar surface area (TPSA) is 55.5 Å². The number of hydrogen-bond donors (Lipinski definition) is 2. The highest BCUT2D eigenvalue weighted by atomic mass is 16.5. The summed E-state index contributed by atoms with van der Waals surface area (Å²) in [6, 6.07) is 0. The smallest absolute Gasteiger partial charge is 0.0478 e. The molecule has 0 aromatic heterocycles. The third-order valence-corrected chi connectivity index (χ3v) is 1.19. The van der Waals surface area contributed by atoms with Crippen LogP contribution < -0.4 is 5.73 Å². The first-order chi connectivity index (χ1) is 4.91. The summed E-state index contributed by atoms with van der Waals surface area (Å²) in [6.45, 7) is 2.46. The summed E-state index contributed by atoms with van der Waals surface area (Å²) in [5.41, 5.74) is 5.25. The van der Waals surface area contributed by atoms with E-state index in [2.05, 4.69) is 0 Å². The molecule has 0 aromatic carbocycles. The van der Waals surface area contributed by atoms with Gasteiger partial charge >= 0.3 is 0 Å². The van der Waals surface area contributed by atoms with Gasteiger partial charge in [0.2, 0.25) is 0 Å². The zero-order valence-electron chi connectivity index (χ0n) is 6.38. The highest BCUT2D eigenvalue weighted by Gasteiger charge is 1.87. The van der Waals surface area contributed by atoms with Crippen LogP contribution in [0.4, 0.5) is 0 Å². The van der Waals surface area contributed by atoms with Crippen molar-refractivity contribution in [1.82, 2.24) is 0 Å². The molecule has 0 aliphatic rings. The molecule has 0 atom stereocenters. The quantitative estimate of drug-likeness (QED) is 0.503. The molecule has 0 amide bonds. The second kappa shape index (κ2) is 8.88. The molecule has 0 unspecified atom stereocenters. The largest absolute Gasteiger partial charge is 0.396 e. The van der Waals surface area contributed by atoms with E-state index in [0.717, 1.165) is 32.5 Å². The van der Waals surface area contributed by atoms with Crippen molar-refractivity contribution in [2.75, 3.05) is 26.4 Å². The van der Waals surface area contributed by atoms with Gasteiger partial charge in [0.15, 0.2) is 0 Å². The van der Waals surface area contributed by atoms with Gasteiger partial charge in [-0.1, -0.05) is 0 Å². The number of aliphatic hydroxyl groups excluding tert-OH is 1. The number of hydrogen-bond acceptors (Lipinski definition) is 3. The minimum atomic E-state index is 0.264. The molecule has 0 fully saturated rings. The van der Waals surface area contributed by atoms with E-state index in [-0.39, 0.29) is 6.61 Å². The first-order valence-corrected chi connectivity index (χ1v) is 3.80. The molecule has 0 aliphatic carbocycles. The molecule has 0 aromatic rings. The monoisotopic (exact) mass is 147 g/mol. The summed E-state index contributed by atoms with van der Waals surface area (Å²) >= 11 is 0. The van der Waals surface area contributed by atoms with Gasteiger partial charge in [0.25, 0.3) is 0 Å². The fourth-order valence-electron chi connectivity index (χ4n) is 0.603. The maximum absolute atomic E-state index is 8.39. The van der Waals surface area contributed by atoms with Gasteiger partial charge < -0.3 is 15.6 Å². The van der Waals surface area contributed by atoms with Gasteiger partial charge in [-0.15, -0.1) is 0 Å². The van der Waals surface area contributed by atoms with Crippen LogP contribution in [0.15, 0.2) is 0 Å². The summed E-state index contributed by atoms with van der Waals surface area (Å²) in [7, 11) is 0. The zero-order valence-corrected chi connectivity index (χ0v) is 6.38. The standard InChI is InChI=1S/C7H17NO2/c8-4-3-7-10-6-2-1-5-9/h9H,1-8H2. The van der Waals surface area contributed by atoms with Crippen LogP contribution in [0, 0.1) is 0 Å². The van der Waals surface area contributed by atoms with Gasteiger partial charge in [-0.2, -0.15) is 0 Å². The molecule has 0 heterocycles. The first-order valence-electron chi connectivity index (χ1n) is 3.80. The minimum absolute atomic E-state index is 0.264. The predicted molar refractivity (Wildman–Crippen MR) is 40.8 cm³/mol. The molecule has 0 aliphatic heterocycles. The Bertz CT molecular complexity index is 51.6. The van der Waals surface area contributed by atoms with Crippen molar-refractivity contribution in [1.29, 1.82) is 0 Å². The first kappa shape index (κ1) is 9.88. The summed E-state index contributed by atoms with van der Waals surface area (Å²) in [6.07, 6.45) is 2.71. The van der Waals surface area contributed by atoms with E-state index in [4.69, 9.17) is 15.6 Å². The minimum Gasteiger partial charge on any atom is -0.396 e. The lowest BCUT2D eigenvalue weighted by Crippen LogP contribution is -2.05. The molecule has 3 heteroatoms. The van der Waals surface area contributed by atoms with E-state index in [9.17, 15) is 0 Å². The van der Waals surface area contributed by atoms with Gasteiger partial charge in [0.1, 0.15) is 0 Å². The van der Waals surface area contributed by atoms with E-state index in [1.165, 1.54) is 0 Å². The Kier molecular flexibility index (Phi) is 8.77. The van der Waals surface area contributed by atoms with E-state index in [1.807, 2.05) is 0 Å². The number of aliphatic hydroxyl groups is 1. The van der Waals surface area contributed by atoms with Crippen LogP contribution in [0.2, 0.25) is 0 Å². The van der Waals surface area contributed by atoms with Crippen LogP contribution in [0.3, 0.4) is 0 Å². The summed E-state index contributed by atoms with van der Waals surface area (Å²) < 4.78 is 5.18. The molecule has 0 saturated carbocycles. The Labute approximate surface area is 62.2 Å². The average molecular weight is 147 g/mol. The Balaban J connectivity index is 2.65. The normalized spacial score (nSPS) is 10.2. The maximum Gasteiger partial charge on any atom is 0.0478 e. The highest BCUT2D eigenvalue weighted by molar-refractivity contribution is 4.38. The van der Waals surface area contributed by atoms with Gasteiger partial charge in [-0.05, 0) is 25.8 Å². The molecular weight excluding hydrogens is 130 g/mol. The third kappa shape index (κ3) is 7.88. The van der Waals surface area contributed by atoms with Crippen LogP contribution >= 0.6 is 0 Å². The van der Waals surface area contributed by atoms with Crippen molar-refractivity contribution in [2.24, 2.45) is 5.73 Å². The third-order valence-electron chi connectivity index (χ3n) is 1.19. The predicted octanol–water partition coefficient (Wildman–Crippen LogP) is 0.124. The number of nitrogens with two attached hydrogens (primary N) is 1. The Hall–Kier alpha value is -0.120. The van der Waals surface area contributed by atoms with Crippen molar-refractivity contribution in [3.63, 3.8) is 0 Å². The number of rotatable bonds is 7. The second-order valence-electron chi connectivity index (χ2n) is 2.19. The molecule has 0 rings (SSSR count). The van der Waals surface area contributed by atoms with Crippen molar-refractivity contribution >= 4 is 0 Å². The fourth-order valence-corrected chi connectivity index (χ4v) is 0.603. The lowest BCUT2D eigenvalue weighted by atomic mass is 10.3. The van der Waals surface area contributed by atoms with E-state index in [1.54, 1.807) is 0 Å². The molecule has 0 saturated heterocycles. The molecule has 10 heavy (non-hydrogen) atoms. The Morgan fingerprint density at radius 1 is 1.10 bits per heavy atom. The summed E-state index contributed by atoms with van der Waals surface area (Å²) in [5.74, 6) is 0. The SMILES string of the molecule is NCCCOCCCCO. The van der Waals surface area contributed by atoms with Crippen LogP contribution in [0.1, 0.15) is 19.3 Å². The second-order valence-corrected chi connectivity index (χ2v) is 2.19. The van der Waals surface area contributed by atoms with Gasteiger partial charge in [-0.3, -0.25) is 0 Å². The molecule has 62 valence electrons. The molecule has 0 bridgehead atoms. The van der Waals surface area contributed by atoms with Gasteiger partial charge in [0.05, 0.1) is 0 Å². The average Bonchev–Trinajstić information content (AvgIpc) is 1.97. The van der Waals surface area contributed by atoms with E-state index < -0.39 is 0 Å². The Morgan fingerprint density at radius 3 is 2.40 bits per heavy atom. The molecule has 3 nitrogen and oxygen atoms in total. The van der Waals surface area contributed by atoms with Crippen LogP contribution in [0.5, 0.6) is 0 Å². The number of unbranched alkanes of at least 4 members (excludes halogenated alkanes) is 1. The summed E-state index contributed by atoms with van der Waals surface area (Å²) in [4.78, 5) is 0. The Morgan fingerprint density at radius 2 is 1.80 bits per heavy atom. The van der Waals surface area contributed by atoms with E-state index in [0.29, 0.717) is 6.54 Å². The zero-order chi connectivity index (χ0) is 7.66. The lowest BCUT2D eigenvalue weighted by Gasteiger charge is -2.00. The van der Waals surface area contributed by atoms with E-state index >= 15 is 0 Å². The van der Waals surface area contributed by atoms with Crippen LogP contribution in [-0.2, 0) is 4.74 Å². The van der Waals surface area contributed by atoms with Crippen molar-refractivity contribution in [3.8, 4) is 0 Å². The summed E-state index contributed by atoms with van der Waals surface area (Å²) in [5, 5.41) is 8.39. The van der Waals surface area contributed by atoms with Crippen molar-refractivity contribution in [3.05, 3.63) is 0 Å². The molecule has 3 N–H and O–H groups in total.